The molecule has 0 aromatic carbocycles. The highest BCUT2D eigenvalue weighted by molar-refractivity contribution is 8.04. The standard InChI is InChI=1S/C8H18N2O6S2/c1-8(17(11,12)13)18(14,15)16-7-6-10-4-2-9-3-5-10/h8-9H,2-7H2,1H3,(H,11,12,13). The normalized spacial score (nSPS) is 20.8. The molecule has 18 heavy (non-hydrogen) atoms. The lowest BCUT2D eigenvalue weighted by Crippen LogP contribution is -2.45. The summed E-state index contributed by atoms with van der Waals surface area (Å²) in [5.74, 6) is 0. The third-order valence-corrected chi connectivity index (χ3v) is 6.27. The number of nitrogens with one attached hydrogen (secondary N) is 1. The highest BCUT2D eigenvalue weighted by Crippen LogP contribution is 2.09. The van der Waals surface area contributed by atoms with Crippen molar-refractivity contribution in [2.75, 3.05) is 39.3 Å². The summed E-state index contributed by atoms with van der Waals surface area (Å²) in [5.41, 5.74) is 0. The fourth-order valence-corrected chi connectivity index (χ4v) is 3.32. The predicted octanol–water partition coefficient (Wildman–Crippen LogP) is -1.53. The minimum atomic E-state index is -4.65. The second-order valence-corrected chi connectivity index (χ2v) is 7.95. The molecule has 0 spiro atoms. The van der Waals surface area contributed by atoms with E-state index in [1.165, 1.54) is 0 Å². The largest absolute Gasteiger partial charge is 0.314 e. The second kappa shape index (κ2) is 6.26. The average Bonchev–Trinajstić information content (AvgIpc) is 2.28. The van der Waals surface area contributed by atoms with Crippen LogP contribution >= 0.6 is 0 Å². The Kier molecular flexibility index (Phi) is 5.49. The number of rotatable bonds is 6. The molecule has 1 saturated heterocycles. The Morgan fingerprint density at radius 1 is 1.28 bits per heavy atom. The van der Waals surface area contributed by atoms with Crippen molar-refractivity contribution in [3.05, 3.63) is 0 Å². The van der Waals surface area contributed by atoms with Crippen LogP contribution in [0.1, 0.15) is 6.92 Å². The van der Waals surface area contributed by atoms with Crippen LogP contribution in [0.2, 0.25) is 0 Å². The van der Waals surface area contributed by atoms with Gasteiger partial charge in [-0.2, -0.15) is 16.8 Å². The molecule has 0 bridgehead atoms. The van der Waals surface area contributed by atoms with E-state index in [9.17, 15) is 16.8 Å². The zero-order valence-corrected chi connectivity index (χ0v) is 11.7. The van der Waals surface area contributed by atoms with Crippen molar-refractivity contribution >= 4 is 20.2 Å². The SMILES string of the molecule is CC(S(=O)(=O)O)S(=O)(=O)OCCN1CCNCC1. The number of hydrogen-bond donors (Lipinski definition) is 2. The van der Waals surface area contributed by atoms with Gasteiger partial charge in [-0.15, -0.1) is 0 Å². The fourth-order valence-electron chi connectivity index (χ4n) is 1.46. The molecule has 0 saturated carbocycles. The summed E-state index contributed by atoms with van der Waals surface area (Å²) < 4.78 is 55.6. The van der Waals surface area contributed by atoms with Crippen molar-refractivity contribution in [1.29, 1.82) is 0 Å². The summed E-state index contributed by atoms with van der Waals surface area (Å²) >= 11 is 0. The monoisotopic (exact) mass is 302 g/mol. The van der Waals surface area contributed by atoms with Crippen LogP contribution in [0.3, 0.4) is 0 Å². The second-order valence-electron chi connectivity index (χ2n) is 3.99. The molecule has 1 aliphatic rings. The van der Waals surface area contributed by atoms with Gasteiger partial charge in [0, 0.05) is 32.7 Å². The predicted molar refractivity (Wildman–Crippen MR) is 65.2 cm³/mol. The quantitative estimate of drug-likeness (QED) is 0.449. The van der Waals surface area contributed by atoms with Gasteiger partial charge in [0.25, 0.3) is 20.2 Å². The van der Waals surface area contributed by atoms with Crippen LogP contribution in [0.15, 0.2) is 0 Å². The first-order chi connectivity index (χ1) is 8.23. The Morgan fingerprint density at radius 3 is 2.33 bits per heavy atom. The Labute approximate surface area is 107 Å². The molecule has 10 heteroatoms. The van der Waals surface area contributed by atoms with Gasteiger partial charge in [-0.3, -0.25) is 13.6 Å². The lowest BCUT2D eigenvalue weighted by molar-refractivity contribution is 0.194. The van der Waals surface area contributed by atoms with Gasteiger partial charge in [0.2, 0.25) is 4.58 Å². The molecule has 1 atom stereocenters. The number of hydrogen-bond acceptors (Lipinski definition) is 7. The van der Waals surface area contributed by atoms with E-state index >= 15 is 0 Å². The molecule has 1 heterocycles. The molecular weight excluding hydrogens is 284 g/mol. The van der Waals surface area contributed by atoms with Crippen molar-refractivity contribution in [3.8, 4) is 0 Å². The van der Waals surface area contributed by atoms with Gasteiger partial charge >= 0.3 is 0 Å². The van der Waals surface area contributed by atoms with E-state index in [1.54, 1.807) is 0 Å². The van der Waals surface area contributed by atoms with Crippen LogP contribution in [0.4, 0.5) is 0 Å². The van der Waals surface area contributed by atoms with E-state index in [0.29, 0.717) is 6.54 Å². The van der Waals surface area contributed by atoms with E-state index < -0.39 is 24.8 Å². The summed E-state index contributed by atoms with van der Waals surface area (Å²) in [5, 5.41) is 3.15. The zero-order chi connectivity index (χ0) is 13.8. The molecule has 1 unspecified atom stereocenters. The van der Waals surface area contributed by atoms with Gasteiger partial charge < -0.3 is 5.32 Å². The van der Waals surface area contributed by atoms with Crippen LogP contribution in [0.25, 0.3) is 0 Å². The highest BCUT2D eigenvalue weighted by atomic mass is 32.3. The van der Waals surface area contributed by atoms with E-state index in [4.69, 9.17) is 4.55 Å². The summed E-state index contributed by atoms with van der Waals surface area (Å²) in [6.45, 7) is 4.38. The summed E-state index contributed by atoms with van der Waals surface area (Å²) in [4.78, 5) is 2.00. The van der Waals surface area contributed by atoms with Crippen LogP contribution in [-0.2, 0) is 24.4 Å². The van der Waals surface area contributed by atoms with Crippen LogP contribution in [0, 0.1) is 0 Å². The van der Waals surface area contributed by atoms with E-state index in [1.807, 2.05) is 4.90 Å². The molecule has 1 aliphatic heterocycles. The molecule has 0 amide bonds. The number of nitrogens with zero attached hydrogens (tertiary/aromatic N) is 1. The molecule has 0 aromatic heterocycles. The van der Waals surface area contributed by atoms with E-state index in [-0.39, 0.29) is 6.61 Å². The van der Waals surface area contributed by atoms with Crippen molar-refractivity contribution in [3.63, 3.8) is 0 Å². The fraction of sp³-hybridized carbons (Fsp3) is 1.00. The number of piperazine rings is 1. The Hall–Kier alpha value is -0.260. The Morgan fingerprint density at radius 2 is 1.83 bits per heavy atom. The topological polar surface area (TPSA) is 113 Å². The van der Waals surface area contributed by atoms with Gasteiger partial charge in [-0.25, -0.2) is 0 Å². The third-order valence-electron chi connectivity index (χ3n) is 2.69. The highest BCUT2D eigenvalue weighted by Gasteiger charge is 2.33. The zero-order valence-electron chi connectivity index (χ0n) is 10.1. The summed E-state index contributed by atoms with van der Waals surface area (Å²) in [7, 11) is -8.95. The lowest BCUT2D eigenvalue weighted by atomic mass is 10.4. The summed E-state index contributed by atoms with van der Waals surface area (Å²) in [6.07, 6.45) is 0. The average molecular weight is 302 g/mol. The van der Waals surface area contributed by atoms with Crippen molar-refractivity contribution < 1.29 is 25.6 Å². The molecule has 8 nitrogen and oxygen atoms in total. The molecule has 2 N–H and O–H groups in total. The molecule has 0 aromatic rings. The Balaban J connectivity index is 2.42. The third kappa shape index (κ3) is 4.78. The maximum Gasteiger partial charge on any atom is 0.287 e. The first-order valence-corrected chi connectivity index (χ1v) is 8.48. The first-order valence-electron chi connectivity index (χ1n) is 5.51. The van der Waals surface area contributed by atoms with Gasteiger partial charge in [0.1, 0.15) is 0 Å². The van der Waals surface area contributed by atoms with Gasteiger partial charge in [0.15, 0.2) is 0 Å². The van der Waals surface area contributed by atoms with Crippen molar-refractivity contribution in [2.24, 2.45) is 0 Å². The van der Waals surface area contributed by atoms with Gasteiger partial charge in [-0.1, -0.05) is 0 Å². The minimum Gasteiger partial charge on any atom is -0.314 e. The lowest BCUT2D eigenvalue weighted by Gasteiger charge is -2.26. The van der Waals surface area contributed by atoms with Gasteiger partial charge in [-0.05, 0) is 6.92 Å². The Bertz CT molecular complexity index is 454. The minimum absolute atomic E-state index is 0.123. The smallest absolute Gasteiger partial charge is 0.287 e. The van der Waals surface area contributed by atoms with Crippen molar-refractivity contribution in [2.45, 2.75) is 11.5 Å². The van der Waals surface area contributed by atoms with E-state index in [2.05, 4.69) is 9.50 Å². The molecule has 0 aliphatic carbocycles. The van der Waals surface area contributed by atoms with Crippen LogP contribution < -0.4 is 5.32 Å². The maximum atomic E-state index is 11.4. The molecular formula is C8H18N2O6S2. The molecule has 0 radical (unpaired) electrons. The summed E-state index contributed by atoms with van der Waals surface area (Å²) in [6, 6.07) is 0. The van der Waals surface area contributed by atoms with Crippen LogP contribution in [0.5, 0.6) is 0 Å². The van der Waals surface area contributed by atoms with Crippen LogP contribution in [-0.4, -0.2) is 70.2 Å². The maximum absolute atomic E-state index is 11.4. The molecule has 1 rings (SSSR count). The van der Waals surface area contributed by atoms with E-state index in [0.717, 1.165) is 33.1 Å². The molecule has 1 fully saturated rings. The first kappa shape index (κ1) is 15.8. The van der Waals surface area contributed by atoms with Gasteiger partial charge in [0.05, 0.1) is 6.61 Å². The molecule has 108 valence electrons. The van der Waals surface area contributed by atoms with Crippen molar-refractivity contribution in [1.82, 2.24) is 10.2 Å².